The smallest absolute Gasteiger partial charge is 0.362 e. The van der Waals surface area contributed by atoms with Crippen LogP contribution in [0.25, 0.3) is 0 Å². The zero-order chi connectivity index (χ0) is 44.2. The Kier molecular flexibility index (Phi) is 39.3. The minimum atomic E-state index is -0.887. The molecular formula is C52H86NO7+. The number of unbranched alkanes of at least 4 members (excludes halogenated alkanes) is 13. The monoisotopic (exact) mass is 837 g/mol. The minimum Gasteiger partial charge on any atom is -0.477 e. The van der Waals surface area contributed by atoms with E-state index in [0.717, 1.165) is 70.6 Å². The van der Waals surface area contributed by atoms with E-state index in [2.05, 4.69) is 74.6 Å². The molecule has 1 N–H and O–H groups in total. The van der Waals surface area contributed by atoms with Crippen molar-refractivity contribution < 1.29 is 38.2 Å². The molecule has 0 aliphatic rings. The summed E-state index contributed by atoms with van der Waals surface area (Å²) in [6, 6.07) is -0.628. The molecule has 0 rings (SSSR count). The fraction of sp³-hybridized carbons (Fsp3) is 0.635. The lowest BCUT2D eigenvalue weighted by molar-refractivity contribution is -0.887. The number of esters is 2. The third kappa shape index (κ3) is 39.7. The molecule has 0 aliphatic carbocycles. The minimum absolute atomic E-state index is 0.0379. The number of aliphatic carboxylic acids is 1. The number of carbonyl (C=O) groups excluding carboxylic acids is 2. The molecule has 0 aromatic heterocycles. The summed E-state index contributed by atoms with van der Waals surface area (Å²) >= 11 is 0. The number of carbonyl (C=O) groups is 3. The number of rotatable bonds is 40. The lowest BCUT2D eigenvalue weighted by Crippen LogP contribution is -2.50. The number of allylic oxidation sites excluding steroid dienone is 16. The Labute approximate surface area is 366 Å². The van der Waals surface area contributed by atoms with Gasteiger partial charge in [-0.1, -0.05) is 169 Å². The lowest BCUT2D eigenvalue weighted by Gasteiger charge is -2.31. The fourth-order valence-corrected chi connectivity index (χ4v) is 6.27. The molecule has 0 spiro atoms. The van der Waals surface area contributed by atoms with E-state index in [1.54, 1.807) is 0 Å². The van der Waals surface area contributed by atoms with Crippen LogP contribution in [0.15, 0.2) is 97.2 Å². The van der Waals surface area contributed by atoms with Crippen molar-refractivity contribution in [3.63, 3.8) is 0 Å². The largest absolute Gasteiger partial charge is 0.477 e. The third-order valence-corrected chi connectivity index (χ3v) is 9.82. The fourth-order valence-electron chi connectivity index (χ4n) is 6.27. The van der Waals surface area contributed by atoms with Gasteiger partial charge in [0.2, 0.25) is 0 Å². The van der Waals surface area contributed by atoms with E-state index in [-0.39, 0.29) is 42.7 Å². The Morgan fingerprint density at radius 3 is 1.52 bits per heavy atom. The summed E-state index contributed by atoms with van der Waals surface area (Å²) in [4.78, 5) is 37.0. The summed E-state index contributed by atoms with van der Waals surface area (Å²) in [6.07, 6.45) is 56.0. The number of likely N-dealkylation sites (N-methyl/N-ethyl adjacent to an activating group) is 1. The highest BCUT2D eigenvalue weighted by atomic mass is 16.6. The summed E-state index contributed by atoms with van der Waals surface area (Å²) < 4.78 is 17.2. The van der Waals surface area contributed by atoms with Gasteiger partial charge in [-0.15, -0.1) is 0 Å². The second-order valence-electron chi connectivity index (χ2n) is 16.3. The van der Waals surface area contributed by atoms with Crippen LogP contribution in [-0.4, -0.2) is 80.6 Å². The van der Waals surface area contributed by atoms with Gasteiger partial charge < -0.3 is 23.8 Å². The maximum Gasteiger partial charge on any atom is 0.362 e. The summed E-state index contributed by atoms with van der Waals surface area (Å²) in [7, 11) is 5.50. The number of carboxylic acids is 1. The van der Waals surface area contributed by atoms with Crippen molar-refractivity contribution in [1.82, 2.24) is 0 Å². The first-order valence-electron chi connectivity index (χ1n) is 23.3. The first kappa shape index (κ1) is 56.2. The average molecular weight is 837 g/mol. The van der Waals surface area contributed by atoms with E-state index in [4.69, 9.17) is 14.2 Å². The number of ether oxygens (including phenoxy) is 3. The summed E-state index contributed by atoms with van der Waals surface area (Å²) in [6.45, 7) is 4.42. The topological polar surface area (TPSA) is 99.1 Å². The number of nitrogens with zero attached hydrogens (tertiary/aromatic N) is 1. The van der Waals surface area contributed by atoms with E-state index in [1.165, 1.54) is 51.4 Å². The van der Waals surface area contributed by atoms with Gasteiger partial charge in [0.1, 0.15) is 6.61 Å². The van der Waals surface area contributed by atoms with Crippen LogP contribution in [-0.2, 0) is 28.6 Å². The van der Waals surface area contributed by atoms with Crippen molar-refractivity contribution in [2.75, 3.05) is 41.0 Å². The third-order valence-electron chi connectivity index (χ3n) is 9.82. The maximum atomic E-state index is 12.7. The highest BCUT2D eigenvalue weighted by molar-refractivity contribution is 5.72. The van der Waals surface area contributed by atoms with Gasteiger partial charge in [0.25, 0.3) is 0 Å². The molecule has 0 aromatic carbocycles. The van der Waals surface area contributed by atoms with Crippen LogP contribution in [0.2, 0.25) is 0 Å². The number of carboxylic acid groups (broad SMARTS) is 1. The van der Waals surface area contributed by atoms with Crippen molar-refractivity contribution in [3.05, 3.63) is 97.2 Å². The molecule has 0 bridgehead atoms. The highest BCUT2D eigenvalue weighted by Gasteiger charge is 2.31. The SMILES string of the molecule is CC/C=C/C=C/C=C/C=C/CCCCCC(=O)OC(COCCC(C(=O)O)[N+](C)(C)C)COC(=O)CCCCCCCCCCCC/C=C/C/C=C/C/C=C/C/C=C/CC. The molecule has 2 atom stereocenters. The zero-order valence-corrected chi connectivity index (χ0v) is 38.6. The zero-order valence-electron chi connectivity index (χ0n) is 38.6. The molecule has 0 radical (unpaired) electrons. The van der Waals surface area contributed by atoms with Gasteiger partial charge in [-0.3, -0.25) is 9.59 Å². The Balaban J connectivity index is 4.29. The van der Waals surface area contributed by atoms with Gasteiger partial charge in [-0.2, -0.15) is 0 Å². The molecule has 0 aliphatic heterocycles. The molecule has 340 valence electrons. The normalized spacial score (nSPS) is 13.8. The predicted molar refractivity (Wildman–Crippen MR) is 252 cm³/mol. The molecule has 0 saturated carbocycles. The lowest BCUT2D eigenvalue weighted by atomic mass is 10.1. The second kappa shape index (κ2) is 42.0. The van der Waals surface area contributed by atoms with Crippen LogP contribution in [0, 0.1) is 0 Å². The van der Waals surface area contributed by atoms with Crippen molar-refractivity contribution >= 4 is 17.9 Å². The van der Waals surface area contributed by atoms with E-state index in [9.17, 15) is 19.5 Å². The van der Waals surface area contributed by atoms with Crippen LogP contribution in [0.1, 0.15) is 162 Å². The quantitative estimate of drug-likeness (QED) is 0.0216. The molecule has 0 fully saturated rings. The van der Waals surface area contributed by atoms with Gasteiger partial charge in [-0.25, -0.2) is 4.79 Å². The first-order chi connectivity index (χ1) is 29.1. The van der Waals surface area contributed by atoms with Crippen LogP contribution in [0.4, 0.5) is 0 Å². The van der Waals surface area contributed by atoms with Gasteiger partial charge in [0.15, 0.2) is 12.1 Å². The molecule has 0 heterocycles. The van der Waals surface area contributed by atoms with E-state index < -0.39 is 18.1 Å². The molecule has 8 nitrogen and oxygen atoms in total. The van der Waals surface area contributed by atoms with Crippen LogP contribution < -0.4 is 0 Å². The van der Waals surface area contributed by atoms with Gasteiger partial charge in [-0.05, 0) is 70.6 Å². The van der Waals surface area contributed by atoms with Crippen LogP contribution in [0.5, 0.6) is 0 Å². The summed E-state index contributed by atoms with van der Waals surface area (Å²) in [5, 5.41) is 9.63. The predicted octanol–water partition coefficient (Wildman–Crippen LogP) is 13.1. The van der Waals surface area contributed by atoms with Crippen molar-refractivity contribution in [2.24, 2.45) is 0 Å². The van der Waals surface area contributed by atoms with Gasteiger partial charge in [0.05, 0.1) is 34.4 Å². The van der Waals surface area contributed by atoms with Crippen LogP contribution in [0.3, 0.4) is 0 Å². The highest BCUT2D eigenvalue weighted by Crippen LogP contribution is 2.14. The molecule has 0 aromatic rings. The number of hydrogen-bond donors (Lipinski definition) is 1. The average Bonchev–Trinajstić information content (AvgIpc) is 3.21. The van der Waals surface area contributed by atoms with Crippen molar-refractivity contribution in [1.29, 1.82) is 0 Å². The van der Waals surface area contributed by atoms with E-state index in [0.29, 0.717) is 19.3 Å². The molecule has 60 heavy (non-hydrogen) atoms. The van der Waals surface area contributed by atoms with Crippen molar-refractivity contribution in [3.8, 4) is 0 Å². The van der Waals surface area contributed by atoms with E-state index in [1.807, 2.05) is 57.6 Å². The standard InChI is InChI=1S/C52H85NO7/c1-6-8-10-12-14-16-18-20-21-22-23-24-25-26-27-28-29-31-32-34-36-38-40-42-50(54)59-47-48(46-58-45-44-49(52(56)57)53(3,4)5)60-51(55)43-41-39-37-35-33-30-19-17-15-13-11-9-7-2/h8-11,13-17,19-21,23-24,30,33,48-49H,6-7,12,18,22,25-29,31-32,34-47H2,1-5H3/p+1/b10-8+,11-9+,15-13+,16-14+,19-17+,21-20+,24-23+,33-30+. The Morgan fingerprint density at radius 1 is 0.517 bits per heavy atom. The second-order valence-corrected chi connectivity index (χ2v) is 16.3. The van der Waals surface area contributed by atoms with Crippen molar-refractivity contribution in [2.45, 2.75) is 174 Å². The molecule has 8 heteroatoms. The summed E-state index contributed by atoms with van der Waals surface area (Å²) in [5.41, 5.74) is 0. The molecule has 0 amide bonds. The Hall–Kier alpha value is -3.75. The Morgan fingerprint density at radius 2 is 0.967 bits per heavy atom. The van der Waals surface area contributed by atoms with Gasteiger partial charge in [0, 0.05) is 19.3 Å². The van der Waals surface area contributed by atoms with E-state index >= 15 is 0 Å². The first-order valence-corrected chi connectivity index (χ1v) is 23.3. The number of quaternary nitrogens is 1. The Bertz CT molecular complexity index is 1300. The number of hydrogen-bond acceptors (Lipinski definition) is 6. The summed E-state index contributed by atoms with van der Waals surface area (Å²) in [5.74, 6) is -1.54. The molecule has 0 saturated heterocycles. The maximum absolute atomic E-state index is 12.7. The van der Waals surface area contributed by atoms with Crippen LogP contribution >= 0.6 is 0 Å². The molecule has 2 unspecified atom stereocenters. The molecular weight excluding hydrogens is 751 g/mol. The van der Waals surface area contributed by atoms with Gasteiger partial charge >= 0.3 is 17.9 Å².